The van der Waals surface area contributed by atoms with Gasteiger partial charge in [-0.3, -0.25) is 0 Å². The Morgan fingerprint density at radius 1 is 0.958 bits per heavy atom. The fourth-order valence-corrected chi connectivity index (χ4v) is 3.20. The van der Waals surface area contributed by atoms with Crippen molar-refractivity contribution in [2.24, 2.45) is 0 Å². The van der Waals surface area contributed by atoms with Gasteiger partial charge in [0.25, 0.3) is 0 Å². The molecule has 0 radical (unpaired) electrons. The maximum absolute atomic E-state index is 13.0. The van der Waals surface area contributed by atoms with Gasteiger partial charge < -0.3 is 0 Å². The van der Waals surface area contributed by atoms with Crippen LogP contribution < -0.4 is 0 Å². The van der Waals surface area contributed by atoms with Crippen molar-refractivity contribution in [1.29, 1.82) is 0 Å². The van der Waals surface area contributed by atoms with Crippen LogP contribution in [0.3, 0.4) is 0 Å². The summed E-state index contributed by atoms with van der Waals surface area (Å²) in [6.45, 7) is 0.669. The number of rotatable bonds is 4. The molecule has 6 heteroatoms. The van der Waals surface area contributed by atoms with Crippen molar-refractivity contribution < 1.29 is 4.39 Å². The zero-order chi connectivity index (χ0) is 16.4. The van der Waals surface area contributed by atoms with Crippen LogP contribution in [-0.4, -0.2) is 20.0 Å². The van der Waals surface area contributed by atoms with Gasteiger partial charge in [0, 0.05) is 10.9 Å². The predicted octanol–water partition coefficient (Wildman–Crippen LogP) is 4.26. The molecule has 0 atom stereocenters. The molecule has 0 fully saturated rings. The van der Waals surface area contributed by atoms with E-state index in [9.17, 15) is 4.39 Å². The molecule has 2 aromatic carbocycles. The van der Waals surface area contributed by atoms with E-state index in [1.165, 1.54) is 29.0 Å². The van der Waals surface area contributed by atoms with E-state index in [4.69, 9.17) is 0 Å². The number of aromatic nitrogens is 4. The summed E-state index contributed by atoms with van der Waals surface area (Å²) < 4.78 is 14.8. The standard InChI is InChI=1S/C18H13FN4S/c19-15-8-6-14(7-9-15)18-20-17(12-24-18)16-11-23(22-21-16)10-13-4-2-1-3-5-13/h1-9,11-12H,10H2. The van der Waals surface area contributed by atoms with Crippen LogP contribution in [0.5, 0.6) is 0 Å². The summed E-state index contributed by atoms with van der Waals surface area (Å²) >= 11 is 1.51. The summed E-state index contributed by atoms with van der Waals surface area (Å²) in [6, 6.07) is 16.4. The molecule has 2 aromatic heterocycles. The predicted molar refractivity (Wildman–Crippen MR) is 92.1 cm³/mol. The molecule has 0 amide bonds. The molecule has 0 N–H and O–H groups in total. The van der Waals surface area contributed by atoms with Gasteiger partial charge in [0.1, 0.15) is 22.2 Å². The van der Waals surface area contributed by atoms with E-state index in [0.29, 0.717) is 6.54 Å². The van der Waals surface area contributed by atoms with Gasteiger partial charge in [0.15, 0.2) is 0 Å². The van der Waals surface area contributed by atoms with Gasteiger partial charge in [-0.25, -0.2) is 14.1 Å². The molecular weight excluding hydrogens is 323 g/mol. The van der Waals surface area contributed by atoms with Crippen molar-refractivity contribution in [3.05, 3.63) is 77.6 Å². The average Bonchev–Trinajstić information content (AvgIpc) is 3.26. The molecule has 4 nitrogen and oxygen atoms in total. The normalized spacial score (nSPS) is 10.9. The van der Waals surface area contributed by atoms with Crippen LogP contribution in [0.25, 0.3) is 22.0 Å². The number of benzene rings is 2. The van der Waals surface area contributed by atoms with E-state index in [-0.39, 0.29) is 5.82 Å². The van der Waals surface area contributed by atoms with Gasteiger partial charge in [-0.2, -0.15) is 0 Å². The van der Waals surface area contributed by atoms with Gasteiger partial charge in [0.05, 0.1) is 12.7 Å². The van der Waals surface area contributed by atoms with E-state index >= 15 is 0 Å². The molecule has 0 spiro atoms. The molecule has 0 aliphatic carbocycles. The lowest BCUT2D eigenvalue weighted by molar-refractivity contribution is 0.628. The summed E-state index contributed by atoms with van der Waals surface area (Å²) in [5, 5.41) is 11.1. The first kappa shape index (κ1) is 14.7. The second kappa shape index (κ2) is 6.33. The zero-order valence-electron chi connectivity index (χ0n) is 12.6. The second-order valence-corrected chi connectivity index (χ2v) is 6.19. The first-order chi connectivity index (χ1) is 11.8. The summed E-state index contributed by atoms with van der Waals surface area (Å²) in [4.78, 5) is 4.58. The first-order valence-corrected chi connectivity index (χ1v) is 8.32. The smallest absolute Gasteiger partial charge is 0.132 e. The van der Waals surface area contributed by atoms with Crippen LogP contribution in [0.4, 0.5) is 4.39 Å². The Hall–Kier alpha value is -2.86. The number of halogens is 1. The van der Waals surface area contributed by atoms with E-state index < -0.39 is 0 Å². The van der Waals surface area contributed by atoms with Crippen LogP contribution in [-0.2, 0) is 6.54 Å². The minimum Gasteiger partial charge on any atom is -0.247 e. The minimum absolute atomic E-state index is 0.251. The molecule has 0 aliphatic heterocycles. The molecule has 2 heterocycles. The van der Waals surface area contributed by atoms with Crippen molar-refractivity contribution >= 4 is 11.3 Å². The Bertz CT molecular complexity index is 945. The average molecular weight is 336 g/mol. The highest BCUT2D eigenvalue weighted by Gasteiger charge is 2.10. The molecule has 4 aromatic rings. The summed E-state index contributed by atoms with van der Waals surface area (Å²) in [7, 11) is 0. The fourth-order valence-electron chi connectivity index (χ4n) is 2.38. The van der Waals surface area contributed by atoms with Crippen molar-refractivity contribution in [2.75, 3.05) is 0 Å². The lowest BCUT2D eigenvalue weighted by Gasteiger charge is -1.99. The quantitative estimate of drug-likeness (QED) is 0.559. The third-order valence-corrected chi connectivity index (χ3v) is 4.48. The molecule has 118 valence electrons. The molecule has 0 bridgehead atoms. The van der Waals surface area contributed by atoms with Gasteiger partial charge >= 0.3 is 0 Å². The molecule has 24 heavy (non-hydrogen) atoms. The Morgan fingerprint density at radius 2 is 1.75 bits per heavy atom. The fraction of sp³-hybridized carbons (Fsp3) is 0.0556. The lowest BCUT2D eigenvalue weighted by Crippen LogP contribution is -1.99. The summed E-state index contributed by atoms with van der Waals surface area (Å²) in [5.74, 6) is -0.251. The summed E-state index contributed by atoms with van der Waals surface area (Å²) in [5.41, 5.74) is 3.57. The third kappa shape index (κ3) is 3.09. The number of hydrogen-bond acceptors (Lipinski definition) is 4. The Morgan fingerprint density at radius 3 is 2.54 bits per heavy atom. The molecule has 0 saturated carbocycles. The number of hydrogen-bond donors (Lipinski definition) is 0. The second-order valence-electron chi connectivity index (χ2n) is 5.33. The van der Waals surface area contributed by atoms with E-state index in [0.717, 1.165) is 22.0 Å². The van der Waals surface area contributed by atoms with Gasteiger partial charge in [0.2, 0.25) is 0 Å². The van der Waals surface area contributed by atoms with Crippen LogP contribution >= 0.6 is 11.3 Å². The highest BCUT2D eigenvalue weighted by Crippen LogP contribution is 2.27. The van der Waals surface area contributed by atoms with E-state index in [1.54, 1.807) is 16.8 Å². The largest absolute Gasteiger partial charge is 0.247 e. The topological polar surface area (TPSA) is 43.6 Å². The molecular formula is C18H13FN4S. The molecule has 0 unspecified atom stereocenters. The summed E-state index contributed by atoms with van der Waals surface area (Å²) in [6.07, 6.45) is 1.89. The monoisotopic (exact) mass is 336 g/mol. The SMILES string of the molecule is Fc1ccc(-c2nc(-c3cn(Cc4ccccc4)nn3)cs2)cc1. The van der Waals surface area contributed by atoms with Crippen LogP contribution in [0.1, 0.15) is 5.56 Å². The maximum atomic E-state index is 13.0. The van der Waals surface area contributed by atoms with Gasteiger partial charge in [-0.15, -0.1) is 16.4 Å². The third-order valence-electron chi connectivity index (χ3n) is 3.58. The molecule has 0 aliphatic rings. The maximum Gasteiger partial charge on any atom is 0.132 e. The van der Waals surface area contributed by atoms with Gasteiger partial charge in [-0.1, -0.05) is 35.5 Å². The van der Waals surface area contributed by atoms with E-state index in [2.05, 4.69) is 27.4 Å². The van der Waals surface area contributed by atoms with Crippen LogP contribution in [0.15, 0.2) is 66.2 Å². The molecule has 4 rings (SSSR count). The highest BCUT2D eigenvalue weighted by atomic mass is 32.1. The Labute approximate surface area is 142 Å². The van der Waals surface area contributed by atoms with Crippen LogP contribution in [0.2, 0.25) is 0 Å². The Balaban J connectivity index is 1.56. The van der Waals surface area contributed by atoms with Gasteiger partial charge in [-0.05, 0) is 29.8 Å². The van der Waals surface area contributed by atoms with Crippen molar-refractivity contribution in [3.8, 4) is 22.0 Å². The first-order valence-electron chi connectivity index (χ1n) is 7.44. The van der Waals surface area contributed by atoms with E-state index in [1.807, 2.05) is 29.8 Å². The molecule has 0 saturated heterocycles. The van der Waals surface area contributed by atoms with Crippen molar-refractivity contribution in [1.82, 2.24) is 20.0 Å². The zero-order valence-corrected chi connectivity index (χ0v) is 13.4. The number of nitrogens with zero attached hydrogens (tertiary/aromatic N) is 4. The van der Waals surface area contributed by atoms with Crippen molar-refractivity contribution in [3.63, 3.8) is 0 Å². The Kier molecular flexibility index (Phi) is 3.88. The van der Waals surface area contributed by atoms with Crippen LogP contribution in [0, 0.1) is 5.82 Å². The number of thiazole rings is 1. The lowest BCUT2D eigenvalue weighted by atomic mass is 10.2. The minimum atomic E-state index is -0.251. The van der Waals surface area contributed by atoms with Crippen molar-refractivity contribution in [2.45, 2.75) is 6.54 Å². The highest BCUT2D eigenvalue weighted by molar-refractivity contribution is 7.13.